The molecule has 2 unspecified atom stereocenters. The zero-order valence-corrected chi connectivity index (χ0v) is 15.4. The molecule has 0 aromatic carbocycles. The molecule has 3 rings (SSSR count). The minimum atomic E-state index is 0.0177. The van der Waals surface area contributed by atoms with Crippen LogP contribution in [0.4, 0.5) is 0 Å². The Bertz CT molecular complexity index is 793. The van der Waals surface area contributed by atoms with Crippen molar-refractivity contribution >= 4 is 12.0 Å². The summed E-state index contributed by atoms with van der Waals surface area (Å²) in [6.07, 6.45) is 3.66. The van der Waals surface area contributed by atoms with Gasteiger partial charge in [0.2, 0.25) is 5.91 Å². The van der Waals surface area contributed by atoms with E-state index in [0.717, 1.165) is 28.5 Å². The van der Waals surface area contributed by atoms with Crippen molar-refractivity contribution in [3.63, 3.8) is 0 Å². The van der Waals surface area contributed by atoms with Crippen molar-refractivity contribution in [2.45, 2.75) is 46.8 Å². The summed E-state index contributed by atoms with van der Waals surface area (Å²) in [5.41, 5.74) is 3.07. The number of ether oxygens (including phenoxy) is 1. The maximum Gasteiger partial charge on any atom is 0.246 e. The summed E-state index contributed by atoms with van der Waals surface area (Å²) in [5.74, 6) is 1.55. The molecule has 0 N–H and O–H groups in total. The van der Waals surface area contributed by atoms with E-state index in [2.05, 4.69) is 5.16 Å². The second-order valence-corrected chi connectivity index (χ2v) is 6.79. The second-order valence-electron chi connectivity index (χ2n) is 6.79. The fourth-order valence-corrected chi connectivity index (χ4v) is 3.39. The van der Waals surface area contributed by atoms with E-state index in [9.17, 15) is 4.79 Å². The van der Waals surface area contributed by atoms with Gasteiger partial charge in [0.25, 0.3) is 0 Å². The highest BCUT2D eigenvalue weighted by Gasteiger charge is 2.24. The van der Waals surface area contributed by atoms with Crippen molar-refractivity contribution in [2.24, 2.45) is 0 Å². The molecule has 25 heavy (non-hydrogen) atoms. The number of hydrogen-bond donors (Lipinski definition) is 0. The summed E-state index contributed by atoms with van der Waals surface area (Å²) >= 11 is 0. The van der Waals surface area contributed by atoms with E-state index in [0.29, 0.717) is 13.1 Å². The topological polar surface area (TPSA) is 60.5 Å². The summed E-state index contributed by atoms with van der Waals surface area (Å²) in [7, 11) is 0. The van der Waals surface area contributed by atoms with E-state index < -0.39 is 0 Å². The lowest BCUT2D eigenvalue weighted by Gasteiger charge is -2.34. The predicted octanol–water partition coefficient (Wildman–Crippen LogP) is 3.04. The maximum absolute atomic E-state index is 12.5. The molecule has 2 aromatic rings. The number of carbonyl (C=O) groups is 1. The summed E-state index contributed by atoms with van der Waals surface area (Å²) in [5, 5.41) is 4.08. The SMILES string of the molecule is Cc1cc(-n2c(C)cc(C=CC(=O)N3CC(C)OC(C)C3)c2C)no1. The van der Waals surface area contributed by atoms with Gasteiger partial charge in [-0.2, -0.15) is 0 Å². The van der Waals surface area contributed by atoms with Crippen LogP contribution in [0, 0.1) is 20.8 Å². The van der Waals surface area contributed by atoms with Gasteiger partial charge in [0, 0.05) is 36.6 Å². The number of aryl methyl sites for hydroxylation is 2. The minimum absolute atomic E-state index is 0.0177. The zero-order chi connectivity index (χ0) is 18.1. The Morgan fingerprint density at radius 1 is 1.20 bits per heavy atom. The normalized spacial score (nSPS) is 21.2. The van der Waals surface area contributed by atoms with E-state index in [1.807, 2.05) is 62.3 Å². The Morgan fingerprint density at radius 3 is 2.48 bits per heavy atom. The molecule has 1 aliphatic heterocycles. The first-order chi connectivity index (χ1) is 11.8. The smallest absolute Gasteiger partial charge is 0.246 e. The number of amides is 1. The summed E-state index contributed by atoms with van der Waals surface area (Å²) in [4.78, 5) is 14.3. The number of carbonyl (C=O) groups excluding carboxylic acids is 1. The van der Waals surface area contributed by atoms with Crippen molar-refractivity contribution < 1.29 is 14.1 Å². The first-order valence-corrected chi connectivity index (χ1v) is 8.60. The van der Waals surface area contributed by atoms with Gasteiger partial charge in [-0.25, -0.2) is 0 Å². The Hall–Kier alpha value is -2.34. The molecule has 1 fully saturated rings. The fraction of sp³-hybridized carbons (Fsp3) is 0.474. The monoisotopic (exact) mass is 343 g/mol. The van der Waals surface area contributed by atoms with E-state index in [-0.39, 0.29) is 18.1 Å². The largest absolute Gasteiger partial charge is 0.372 e. The van der Waals surface area contributed by atoms with Gasteiger partial charge in [-0.05, 0) is 52.3 Å². The quantitative estimate of drug-likeness (QED) is 0.804. The third-order valence-electron chi connectivity index (χ3n) is 4.45. The molecular formula is C19H25N3O3. The number of nitrogens with zero attached hydrogens (tertiary/aromatic N) is 3. The Balaban J connectivity index is 1.79. The molecule has 2 aromatic heterocycles. The molecular weight excluding hydrogens is 318 g/mol. The average molecular weight is 343 g/mol. The first kappa shape index (κ1) is 17.5. The molecule has 0 spiro atoms. The van der Waals surface area contributed by atoms with Gasteiger partial charge in [0.05, 0.1) is 12.2 Å². The molecule has 2 atom stereocenters. The van der Waals surface area contributed by atoms with Gasteiger partial charge >= 0.3 is 0 Å². The van der Waals surface area contributed by atoms with E-state index in [1.54, 1.807) is 6.08 Å². The molecule has 0 radical (unpaired) electrons. The van der Waals surface area contributed by atoms with Crippen LogP contribution in [0.2, 0.25) is 0 Å². The average Bonchev–Trinajstić information content (AvgIpc) is 3.07. The number of hydrogen-bond acceptors (Lipinski definition) is 4. The van der Waals surface area contributed by atoms with Crippen LogP contribution < -0.4 is 0 Å². The van der Waals surface area contributed by atoms with Crippen molar-refractivity contribution in [1.82, 2.24) is 14.6 Å². The summed E-state index contributed by atoms with van der Waals surface area (Å²) in [6, 6.07) is 3.95. The summed E-state index contributed by atoms with van der Waals surface area (Å²) < 4.78 is 12.9. The van der Waals surface area contributed by atoms with Crippen LogP contribution in [0.3, 0.4) is 0 Å². The highest BCUT2D eigenvalue weighted by atomic mass is 16.5. The Labute approximate surface area is 148 Å². The Morgan fingerprint density at radius 2 is 1.88 bits per heavy atom. The van der Waals surface area contributed by atoms with Gasteiger partial charge in [-0.3, -0.25) is 9.36 Å². The second kappa shape index (κ2) is 6.88. The first-order valence-electron chi connectivity index (χ1n) is 8.60. The molecule has 0 saturated carbocycles. The number of aromatic nitrogens is 2. The van der Waals surface area contributed by atoms with Gasteiger partial charge in [0.15, 0.2) is 5.82 Å². The van der Waals surface area contributed by atoms with Gasteiger partial charge in [-0.1, -0.05) is 5.16 Å². The standard InChI is InChI=1S/C19H25N3O3/c1-12-8-17(16(5)22(12)18-9-13(2)25-20-18)6-7-19(23)21-10-14(3)24-15(4)11-21/h6-9,14-15H,10-11H2,1-5H3. The molecule has 0 bridgehead atoms. The van der Waals surface area contributed by atoms with Crippen molar-refractivity contribution in [3.05, 3.63) is 40.9 Å². The van der Waals surface area contributed by atoms with E-state index >= 15 is 0 Å². The van der Waals surface area contributed by atoms with Crippen molar-refractivity contribution in [1.29, 1.82) is 0 Å². The van der Waals surface area contributed by atoms with Crippen LogP contribution in [-0.2, 0) is 9.53 Å². The van der Waals surface area contributed by atoms with Crippen LogP contribution in [0.1, 0.15) is 36.6 Å². The highest BCUT2D eigenvalue weighted by Crippen LogP contribution is 2.22. The third-order valence-corrected chi connectivity index (χ3v) is 4.45. The number of rotatable bonds is 3. The maximum atomic E-state index is 12.5. The lowest BCUT2D eigenvalue weighted by molar-refractivity contribution is -0.137. The van der Waals surface area contributed by atoms with Crippen molar-refractivity contribution in [3.8, 4) is 5.82 Å². The van der Waals surface area contributed by atoms with Crippen molar-refractivity contribution in [2.75, 3.05) is 13.1 Å². The highest BCUT2D eigenvalue weighted by molar-refractivity contribution is 5.92. The number of morpholine rings is 1. The van der Waals surface area contributed by atoms with Gasteiger partial charge < -0.3 is 14.2 Å². The van der Waals surface area contributed by atoms with Crippen LogP contribution in [0.15, 0.2) is 22.7 Å². The molecule has 0 aliphatic carbocycles. The summed E-state index contributed by atoms with van der Waals surface area (Å²) in [6.45, 7) is 11.1. The van der Waals surface area contributed by atoms with Crippen LogP contribution in [0.5, 0.6) is 0 Å². The Kier molecular flexibility index (Phi) is 4.81. The molecule has 3 heterocycles. The molecule has 1 amide bonds. The van der Waals surface area contributed by atoms with Crippen LogP contribution in [0.25, 0.3) is 11.9 Å². The van der Waals surface area contributed by atoms with E-state index in [4.69, 9.17) is 9.26 Å². The fourth-order valence-electron chi connectivity index (χ4n) is 3.39. The van der Waals surface area contributed by atoms with E-state index in [1.165, 1.54) is 0 Å². The molecule has 1 saturated heterocycles. The minimum Gasteiger partial charge on any atom is -0.372 e. The molecule has 1 aliphatic rings. The molecule has 6 heteroatoms. The molecule has 6 nitrogen and oxygen atoms in total. The van der Waals surface area contributed by atoms with Gasteiger partial charge in [-0.15, -0.1) is 0 Å². The predicted molar refractivity (Wildman–Crippen MR) is 95.7 cm³/mol. The molecule has 134 valence electrons. The third kappa shape index (κ3) is 3.69. The van der Waals surface area contributed by atoms with Gasteiger partial charge in [0.1, 0.15) is 5.76 Å². The lowest BCUT2D eigenvalue weighted by Crippen LogP contribution is -2.47. The lowest BCUT2D eigenvalue weighted by atomic mass is 10.2. The van der Waals surface area contributed by atoms with Crippen LogP contribution in [-0.4, -0.2) is 45.8 Å². The van der Waals surface area contributed by atoms with Crippen LogP contribution >= 0.6 is 0 Å². The zero-order valence-electron chi connectivity index (χ0n) is 15.4.